The molecular formula is C24H18Cl2FN3O. The van der Waals surface area contributed by atoms with Crippen LogP contribution in [0.15, 0.2) is 66.7 Å². The lowest BCUT2D eigenvalue weighted by Gasteiger charge is -2.18. The molecule has 1 fully saturated rings. The largest absolute Gasteiger partial charge is 0.323 e. The number of hydrogen-bond acceptors (Lipinski definition) is 2. The maximum absolute atomic E-state index is 13.7. The molecule has 4 nitrogen and oxygen atoms in total. The Balaban J connectivity index is 1.56. The van der Waals surface area contributed by atoms with E-state index in [1.54, 1.807) is 17.0 Å². The zero-order valence-electron chi connectivity index (χ0n) is 16.4. The number of carbonyl (C=O) groups excluding carboxylic acids is 1. The molecule has 3 aromatic carbocycles. The van der Waals surface area contributed by atoms with E-state index in [1.807, 2.05) is 42.5 Å². The van der Waals surface area contributed by atoms with Crippen LogP contribution in [-0.4, -0.2) is 22.0 Å². The van der Waals surface area contributed by atoms with Crippen LogP contribution in [0.3, 0.4) is 0 Å². The normalized spacial score (nSPS) is 16.4. The molecule has 1 amide bonds. The van der Waals surface area contributed by atoms with Gasteiger partial charge in [-0.15, -0.1) is 0 Å². The molecular weight excluding hydrogens is 436 g/mol. The lowest BCUT2D eigenvalue weighted by atomic mass is 10.1. The van der Waals surface area contributed by atoms with Gasteiger partial charge in [0.15, 0.2) is 0 Å². The van der Waals surface area contributed by atoms with Crippen LogP contribution in [0.1, 0.15) is 23.7 Å². The van der Waals surface area contributed by atoms with Crippen molar-refractivity contribution in [2.24, 2.45) is 0 Å². The summed E-state index contributed by atoms with van der Waals surface area (Å²) in [5.41, 5.74) is 3.16. The molecule has 0 spiro atoms. The summed E-state index contributed by atoms with van der Waals surface area (Å²) in [7, 11) is 0. The molecule has 1 unspecified atom stereocenters. The van der Waals surface area contributed by atoms with E-state index in [-0.39, 0.29) is 17.6 Å². The highest BCUT2D eigenvalue weighted by atomic mass is 35.5. The molecule has 0 N–H and O–H groups in total. The van der Waals surface area contributed by atoms with Crippen molar-refractivity contribution in [3.8, 4) is 0 Å². The van der Waals surface area contributed by atoms with Gasteiger partial charge in [-0.05, 0) is 42.5 Å². The standard InChI is InChI=1S/C24H18Cl2FN3O/c25-19-7-4-8-20(26)18(19)14-30-22-10-2-1-9-21(22)28-24(30)15-11-23(31)29(13-15)17-6-3-5-16(27)12-17/h1-10,12,15H,11,13-14H2. The number of carbonyl (C=O) groups is 1. The molecule has 7 heteroatoms. The lowest BCUT2D eigenvalue weighted by Crippen LogP contribution is -2.24. The molecule has 1 saturated heterocycles. The highest BCUT2D eigenvalue weighted by Crippen LogP contribution is 2.35. The maximum atomic E-state index is 13.7. The summed E-state index contributed by atoms with van der Waals surface area (Å²) in [4.78, 5) is 19.3. The predicted molar refractivity (Wildman–Crippen MR) is 121 cm³/mol. The van der Waals surface area contributed by atoms with E-state index >= 15 is 0 Å². The summed E-state index contributed by atoms with van der Waals surface area (Å²) in [5, 5.41) is 1.17. The fourth-order valence-electron chi connectivity index (χ4n) is 4.19. The third-order valence-electron chi connectivity index (χ3n) is 5.67. The van der Waals surface area contributed by atoms with Crippen LogP contribution in [0, 0.1) is 5.82 Å². The monoisotopic (exact) mass is 453 g/mol. The van der Waals surface area contributed by atoms with Crippen molar-refractivity contribution in [1.82, 2.24) is 9.55 Å². The highest BCUT2D eigenvalue weighted by molar-refractivity contribution is 6.36. The topological polar surface area (TPSA) is 38.1 Å². The maximum Gasteiger partial charge on any atom is 0.227 e. The number of hydrogen-bond donors (Lipinski definition) is 0. The summed E-state index contributed by atoms with van der Waals surface area (Å²) in [6, 6.07) is 19.4. The number of benzene rings is 3. The molecule has 0 saturated carbocycles. The minimum Gasteiger partial charge on any atom is -0.323 e. The first-order valence-electron chi connectivity index (χ1n) is 9.95. The molecule has 0 radical (unpaired) electrons. The first-order chi connectivity index (χ1) is 15.0. The van der Waals surface area contributed by atoms with Gasteiger partial charge in [0.2, 0.25) is 5.91 Å². The number of halogens is 3. The second-order valence-electron chi connectivity index (χ2n) is 7.63. The molecule has 1 aliphatic rings. The van der Waals surface area contributed by atoms with Crippen LogP contribution < -0.4 is 4.90 Å². The minimum absolute atomic E-state index is 0.0509. The van der Waals surface area contributed by atoms with Gasteiger partial charge >= 0.3 is 0 Å². The first-order valence-corrected chi connectivity index (χ1v) is 10.7. The number of anilines is 1. The van der Waals surface area contributed by atoms with Crippen molar-refractivity contribution in [3.63, 3.8) is 0 Å². The second kappa shape index (κ2) is 7.98. The Morgan fingerprint density at radius 3 is 2.52 bits per heavy atom. The second-order valence-corrected chi connectivity index (χ2v) is 8.44. The zero-order valence-corrected chi connectivity index (χ0v) is 17.9. The van der Waals surface area contributed by atoms with Gasteiger partial charge in [-0.2, -0.15) is 0 Å². The van der Waals surface area contributed by atoms with Gasteiger partial charge in [-0.1, -0.05) is 47.5 Å². The number of fused-ring (bicyclic) bond motifs is 1. The zero-order chi connectivity index (χ0) is 21.5. The molecule has 156 valence electrons. The van der Waals surface area contributed by atoms with Crippen molar-refractivity contribution in [3.05, 3.63) is 94.0 Å². The Kier molecular flexibility index (Phi) is 5.16. The Bertz CT molecular complexity index is 1280. The van der Waals surface area contributed by atoms with E-state index in [0.717, 1.165) is 22.4 Å². The molecule has 1 aromatic heterocycles. The van der Waals surface area contributed by atoms with Crippen LogP contribution in [0.5, 0.6) is 0 Å². The fraction of sp³-hybridized carbons (Fsp3) is 0.167. The van der Waals surface area contributed by atoms with Gasteiger partial charge in [0.05, 0.1) is 17.6 Å². The minimum atomic E-state index is -0.366. The van der Waals surface area contributed by atoms with Crippen molar-refractivity contribution in [2.45, 2.75) is 18.9 Å². The molecule has 1 atom stereocenters. The van der Waals surface area contributed by atoms with E-state index in [2.05, 4.69) is 4.57 Å². The van der Waals surface area contributed by atoms with Gasteiger partial charge in [0.1, 0.15) is 11.6 Å². The van der Waals surface area contributed by atoms with Gasteiger partial charge in [-0.3, -0.25) is 4.79 Å². The van der Waals surface area contributed by atoms with E-state index in [4.69, 9.17) is 28.2 Å². The van der Waals surface area contributed by atoms with Gasteiger partial charge in [-0.25, -0.2) is 9.37 Å². The smallest absolute Gasteiger partial charge is 0.227 e. The number of para-hydroxylation sites is 2. The Morgan fingerprint density at radius 1 is 1.00 bits per heavy atom. The molecule has 4 aromatic rings. The molecule has 1 aliphatic heterocycles. The van der Waals surface area contributed by atoms with Crippen molar-refractivity contribution >= 4 is 45.8 Å². The summed E-state index contributed by atoms with van der Waals surface area (Å²) in [5.74, 6) is 0.244. The fourth-order valence-corrected chi connectivity index (χ4v) is 4.70. The first kappa shape index (κ1) is 20.0. The molecule has 31 heavy (non-hydrogen) atoms. The Morgan fingerprint density at radius 2 is 1.74 bits per heavy atom. The van der Waals surface area contributed by atoms with Crippen molar-refractivity contribution in [2.75, 3.05) is 11.4 Å². The average molecular weight is 454 g/mol. The Labute approximate surface area is 188 Å². The lowest BCUT2D eigenvalue weighted by molar-refractivity contribution is -0.117. The number of imidazole rings is 1. The van der Waals surface area contributed by atoms with E-state index in [0.29, 0.717) is 35.2 Å². The number of aromatic nitrogens is 2. The van der Waals surface area contributed by atoms with E-state index in [9.17, 15) is 9.18 Å². The van der Waals surface area contributed by atoms with Crippen LogP contribution in [0.4, 0.5) is 10.1 Å². The summed E-state index contributed by atoms with van der Waals surface area (Å²) in [6.07, 6.45) is 0.302. The number of nitrogens with zero attached hydrogens (tertiary/aromatic N) is 3. The third-order valence-corrected chi connectivity index (χ3v) is 6.38. The van der Waals surface area contributed by atoms with Gasteiger partial charge in [0, 0.05) is 40.2 Å². The van der Waals surface area contributed by atoms with E-state index < -0.39 is 0 Å². The number of amides is 1. The van der Waals surface area contributed by atoms with Crippen LogP contribution in [0.25, 0.3) is 11.0 Å². The number of rotatable bonds is 4. The van der Waals surface area contributed by atoms with Crippen LogP contribution in [0.2, 0.25) is 10.0 Å². The third kappa shape index (κ3) is 3.68. The quantitative estimate of drug-likeness (QED) is 0.377. The summed E-state index contributed by atoms with van der Waals surface area (Å²) < 4.78 is 15.8. The predicted octanol–water partition coefficient (Wildman–Crippen LogP) is 6.05. The van der Waals surface area contributed by atoms with Crippen molar-refractivity contribution in [1.29, 1.82) is 0 Å². The Hall–Kier alpha value is -2.89. The van der Waals surface area contributed by atoms with Crippen LogP contribution >= 0.6 is 23.2 Å². The SMILES string of the molecule is O=C1CC(c2nc3ccccc3n2Cc2c(Cl)cccc2Cl)CN1c1cccc(F)c1. The van der Waals surface area contributed by atoms with Gasteiger partial charge in [0.25, 0.3) is 0 Å². The highest BCUT2D eigenvalue weighted by Gasteiger charge is 2.35. The van der Waals surface area contributed by atoms with E-state index in [1.165, 1.54) is 12.1 Å². The summed E-state index contributed by atoms with van der Waals surface area (Å²) in [6.45, 7) is 0.876. The average Bonchev–Trinajstić information content (AvgIpc) is 3.31. The van der Waals surface area contributed by atoms with Crippen molar-refractivity contribution < 1.29 is 9.18 Å². The molecule has 0 bridgehead atoms. The van der Waals surface area contributed by atoms with Gasteiger partial charge < -0.3 is 9.47 Å². The molecule has 0 aliphatic carbocycles. The molecule has 5 rings (SSSR count). The molecule has 2 heterocycles. The van der Waals surface area contributed by atoms with Crippen LogP contribution in [-0.2, 0) is 11.3 Å². The summed E-state index contributed by atoms with van der Waals surface area (Å²) >= 11 is 12.9.